The van der Waals surface area contributed by atoms with Gasteiger partial charge in [-0.1, -0.05) is 29.6 Å². The van der Waals surface area contributed by atoms with Gasteiger partial charge in [0.2, 0.25) is 5.91 Å². The molecule has 2 atom stereocenters. The molecule has 2 rings (SSSR count). The standard InChI is InChI=1S/C14H16Cl2N2O3/c1-14(4-2-3-10(14)17)13(21)18-11-8(12(19)20)5-7(15)6-9(11)16/h5-6,10H,2-4,17H2,1H3,(H,18,21)(H,19,20). The molecule has 1 amide bonds. The van der Waals surface area contributed by atoms with Gasteiger partial charge < -0.3 is 16.2 Å². The van der Waals surface area contributed by atoms with Crippen molar-refractivity contribution >= 4 is 40.8 Å². The first-order chi connectivity index (χ1) is 9.75. The number of hydrogen-bond acceptors (Lipinski definition) is 3. The molecule has 2 unspecified atom stereocenters. The first-order valence-corrected chi connectivity index (χ1v) is 7.30. The van der Waals surface area contributed by atoms with Crippen LogP contribution in [0.15, 0.2) is 12.1 Å². The number of nitrogens with two attached hydrogens (primary N) is 1. The number of anilines is 1. The molecular weight excluding hydrogens is 315 g/mol. The highest BCUT2D eigenvalue weighted by atomic mass is 35.5. The highest BCUT2D eigenvalue weighted by Crippen LogP contribution is 2.39. The molecule has 0 spiro atoms. The number of hydrogen-bond donors (Lipinski definition) is 3. The van der Waals surface area contributed by atoms with Gasteiger partial charge in [-0.05, 0) is 31.9 Å². The Morgan fingerprint density at radius 1 is 1.43 bits per heavy atom. The minimum absolute atomic E-state index is 0.0545. The number of carboxylic acid groups (broad SMARTS) is 1. The fourth-order valence-corrected chi connectivity index (χ4v) is 3.14. The summed E-state index contributed by atoms with van der Waals surface area (Å²) in [7, 11) is 0. The third kappa shape index (κ3) is 3.00. The van der Waals surface area contributed by atoms with Crippen molar-refractivity contribution in [3.8, 4) is 0 Å². The van der Waals surface area contributed by atoms with Crippen LogP contribution in [0, 0.1) is 5.41 Å². The van der Waals surface area contributed by atoms with Crippen LogP contribution in [0.1, 0.15) is 36.5 Å². The topological polar surface area (TPSA) is 92.4 Å². The number of carboxylic acids is 1. The van der Waals surface area contributed by atoms with E-state index < -0.39 is 11.4 Å². The molecule has 1 fully saturated rings. The molecule has 1 aliphatic carbocycles. The zero-order valence-corrected chi connectivity index (χ0v) is 13.0. The van der Waals surface area contributed by atoms with Crippen molar-refractivity contribution in [3.05, 3.63) is 27.7 Å². The third-order valence-corrected chi connectivity index (χ3v) is 4.59. The predicted molar refractivity (Wildman–Crippen MR) is 82.0 cm³/mol. The number of carbonyl (C=O) groups excluding carboxylic acids is 1. The summed E-state index contributed by atoms with van der Waals surface area (Å²) in [6.45, 7) is 1.78. The van der Waals surface area contributed by atoms with Gasteiger partial charge >= 0.3 is 5.97 Å². The monoisotopic (exact) mass is 330 g/mol. The zero-order chi connectivity index (χ0) is 15.8. The molecular formula is C14H16Cl2N2O3. The van der Waals surface area contributed by atoms with Gasteiger partial charge in [-0.3, -0.25) is 4.79 Å². The summed E-state index contributed by atoms with van der Waals surface area (Å²) in [5.41, 5.74) is 5.19. The predicted octanol–water partition coefficient (Wildman–Crippen LogP) is 3.15. The summed E-state index contributed by atoms with van der Waals surface area (Å²) in [5.74, 6) is -1.53. The molecule has 0 aliphatic heterocycles. The second-order valence-corrected chi connectivity index (χ2v) is 6.33. The highest BCUT2D eigenvalue weighted by molar-refractivity contribution is 6.37. The fraction of sp³-hybridized carbons (Fsp3) is 0.429. The van der Waals surface area contributed by atoms with Gasteiger partial charge in [-0.15, -0.1) is 0 Å². The Morgan fingerprint density at radius 3 is 2.62 bits per heavy atom. The van der Waals surface area contributed by atoms with E-state index in [1.807, 2.05) is 0 Å². The molecule has 4 N–H and O–H groups in total. The van der Waals surface area contributed by atoms with Gasteiger partial charge in [-0.2, -0.15) is 0 Å². The summed E-state index contributed by atoms with van der Waals surface area (Å²) in [5, 5.41) is 12.1. The summed E-state index contributed by atoms with van der Waals surface area (Å²) in [4.78, 5) is 23.8. The number of nitrogens with one attached hydrogen (secondary N) is 1. The largest absolute Gasteiger partial charge is 0.478 e. The Morgan fingerprint density at radius 2 is 2.10 bits per heavy atom. The van der Waals surface area contributed by atoms with Crippen LogP contribution < -0.4 is 11.1 Å². The molecule has 0 heterocycles. The summed E-state index contributed by atoms with van der Waals surface area (Å²) in [6, 6.07) is 2.39. The number of amides is 1. The van der Waals surface area contributed by atoms with Crippen LogP contribution in [0.2, 0.25) is 10.0 Å². The molecule has 7 heteroatoms. The first-order valence-electron chi connectivity index (χ1n) is 6.55. The molecule has 0 saturated heterocycles. The van der Waals surface area contributed by atoms with Gasteiger partial charge in [0.15, 0.2) is 0 Å². The molecule has 114 valence electrons. The van der Waals surface area contributed by atoms with Crippen LogP contribution in [0.4, 0.5) is 5.69 Å². The number of benzene rings is 1. The average Bonchev–Trinajstić information content (AvgIpc) is 2.73. The first kappa shape index (κ1) is 16.1. The van der Waals surface area contributed by atoms with Crippen LogP contribution in [0.5, 0.6) is 0 Å². The normalized spacial score (nSPS) is 24.9. The Hall–Kier alpha value is -1.30. The van der Waals surface area contributed by atoms with Crippen molar-refractivity contribution in [2.24, 2.45) is 11.1 Å². The molecule has 1 aliphatic rings. The number of rotatable bonds is 3. The third-order valence-electron chi connectivity index (χ3n) is 4.07. The lowest BCUT2D eigenvalue weighted by Crippen LogP contribution is -2.44. The lowest BCUT2D eigenvalue weighted by molar-refractivity contribution is -0.125. The van der Waals surface area contributed by atoms with Gasteiger partial charge in [-0.25, -0.2) is 4.79 Å². The highest BCUT2D eigenvalue weighted by Gasteiger charge is 2.43. The van der Waals surface area contributed by atoms with E-state index in [1.54, 1.807) is 6.92 Å². The molecule has 0 aromatic heterocycles. The maximum Gasteiger partial charge on any atom is 0.337 e. The van der Waals surface area contributed by atoms with E-state index in [0.29, 0.717) is 6.42 Å². The van der Waals surface area contributed by atoms with Gasteiger partial charge in [0.25, 0.3) is 0 Å². The fourth-order valence-electron chi connectivity index (χ4n) is 2.60. The average molecular weight is 331 g/mol. The van der Waals surface area contributed by atoms with Crippen LogP contribution >= 0.6 is 23.2 Å². The van der Waals surface area contributed by atoms with Crippen molar-refractivity contribution in [2.75, 3.05) is 5.32 Å². The summed E-state index contributed by atoms with van der Waals surface area (Å²) in [6.07, 6.45) is 2.29. The van der Waals surface area contributed by atoms with E-state index >= 15 is 0 Å². The van der Waals surface area contributed by atoms with Crippen molar-refractivity contribution < 1.29 is 14.7 Å². The maximum atomic E-state index is 12.5. The molecule has 0 radical (unpaired) electrons. The smallest absolute Gasteiger partial charge is 0.337 e. The Balaban J connectivity index is 2.36. The van der Waals surface area contributed by atoms with Crippen LogP contribution in [0.3, 0.4) is 0 Å². The lowest BCUT2D eigenvalue weighted by Gasteiger charge is -2.28. The van der Waals surface area contributed by atoms with E-state index in [0.717, 1.165) is 12.8 Å². The van der Waals surface area contributed by atoms with Crippen molar-refractivity contribution in [3.63, 3.8) is 0 Å². The van der Waals surface area contributed by atoms with Crippen LogP contribution in [-0.4, -0.2) is 23.0 Å². The van der Waals surface area contributed by atoms with E-state index in [1.165, 1.54) is 12.1 Å². The minimum atomic E-state index is -1.21. The van der Waals surface area contributed by atoms with E-state index in [-0.39, 0.29) is 33.2 Å². The van der Waals surface area contributed by atoms with Gasteiger partial charge in [0, 0.05) is 11.1 Å². The summed E-state index contributed by atoms with van der Waals surface area (Å²) >= 11 is 11.8. The second-order valence-electron chi connectivity index (χ2n) is 5.49. The van der Waals surface area contributed by atoms with E-state index in [9.17, 15) is 14.7 Å². The van der Waals surface area contributed by atoms with Crippen molar-refractivity contribution in [1.82, 2.24) is 0 Å². The van der Waals surface area contributed by atoms with Crippen LogP contribution in [-0.2, 0) is 4.79 Å². The Labute approximate surface area is 132 Å². The number of aromatic carboxylic acids is 1. The van der Waals surface area contributed by atoms with E-state index in [4.69, 9.17) is 28.9 Å². The Bertz CT molecular complexity index is 606. The Kier molecular flexibility index (Phi) is 4.46. The maximum absolute atomic E-state index is 12.5. The number of halogens is 2. The second kappa shape index (κ2) is 5.83. The molecule has 1 aromatic rings. The summed E-state index contributed by atoms with van der Waals surface area (Å²) < 4.78 is 0. The van der Waals surface area contributed by atoms with E-state index in [2.05, 4.69) is 5.32 Å². The zero-order valence-electron chi connectivity index (χ0n) is 11.5. The van der Waals surface area contributed by atoms with Gasteiger partial charge in [0.05, 0.1) is 21.7 Å². The SMILES string of the molecule is CC1(C(=O)Nc2c(Cl)cc(Cl)cc2C(=O)O)CCCC1N. The molecule has 5 nitrogen and oxygen atoms in total. The van der Waals surface area contributed by atoms with Gasteiger partial charge in [0.1, 0.15) is 0 Å². The van der Waals surface area contributed by atoms with Crippen molar-refractivity contribution in [1.29, 1.82) is 0 Å². The quantitative estimate of drug-likeness (QED) is 0.793. The molecule has 1 aromatic carbocycles. The van der Waals surface area contributed by atoms with Crippen LogP contribution in [0.25, 0.3) is 0 Å². The minimum Gasteiger partial charge on any atom is -0.478 e. The lowest BCUT2D eigenvalue weighted by atomic mass is 9.84. The molecule has 0 bridgehead atoms. The number of carbonyl (C=O) groups is 2. The molecule has 21 heavy (non-hydrogen) atoms. The van der Waals surface area contributed by atoms with Crippen molar-refractivity contribution in [2.45, 2.75) is 32.2 Å². The molecule has 1 saturated carbocycles.